The molecule has 2 atom stereocenters. The van der Waals surface area contributed by atoms with Crippen LogP contribution in [0.1, 0.15) is 16.7 Å². The molecule has 0 aromatic heterocycles. The quantitative estimate of drug-likeness (QED) is 0.110. The minimum absolute atomic E-state index is 0.142. The number of aromatic hydroxyl groups is 6. The van der Waals surface area contributed by atoms with E-state index >= 15 is 0 Å². The van der Waals surface area contributed by atoms with Gasteiger partial charge in [-0.15, -0.1) is 0 Å². The van der Waals surface area contributed by atoms with E-state index in [0.717, 1.165) is 13.2 Å². The van der Waals surface area contributed by atoms with E-state index in [1.165, 1.54) is 60.7 Å². The Morgan fingerprint density at radius 1 is 0.750 bits per heavy atom. The molecule has 0 fully saturated rings. The van der Waals surface area contributed by atoms with Crippen LogP contribution in [0.5, 0.6) is 34.5 Å². The van der Waals surface area contributed by atoms with Crippen molar-refractivity contribution in [2.24, 2.45) is 0 Å². The smallest absolute Gasteiger partial charge is 0.331 e. The summed E-state index contributed by atoms with van der Waals surface area (Å²) in [6, 6.07) is 10.2. The Balaban J connectivity index is 1.83. The first-order valence-corrected chi connectivity index (χ1v) is 11.8. The van der Waals surface area contributed by atoms with Crippen molar-refractivity contribution in [1.29, 1.82) is 0 Å². The average Bonchev–Trinajstić information content (AvgIpc) is 2.92. The first kappa shape index (κ1) is 29.2. The number of methoxy groups -OCH3 is 1. The van der Waals surface area contributed by atoms with Gasteiger partial charge in [-0.05, 0) is 59.2 Å². The highest BCUT2D eigenvalue weighted by Crippen LogP contribution is 2.27. The number of esters is 2. The third kappa shape index (κ3) is 7.81. The molecule has 40 heavy (non-hydrogen) atoms. The van der Waals surface area contributed by atoms with Crippen molar-refractivity contribution in [2.45, 2.75) is 25.0 Å². The molecule has 210 valence electrons. The standard InChI is InChI=1S/C28H27NO11/c1-39-28(38)18(10-16-3-7-20(31)23(34)12-16)29-27(37)25(14-17-4-8-21(32)24(35)13-17)40-26(36)9-5-15-2-6-19(30)22(33)11-15/h2-9,11-13,18,25,30-35H,10,14H2,1H3,(H,29,37)/b9-5+/t18?,25-/m0/s1. The number of amides is 1. The Kier molecular flexibility index (Phi) is 9.42. The summed E-state index contributed by atoms with van der Waals surface area (Å²) in [6.07, 6.45) is 0.341. The second-order valence-electron chi connectivity index (χ2n) is 8.65. The fourth-order valence-electron chi connectivity index (χ4n) is 3.62. The summed E-state index contributed by atoms with van der Waals surface area (Å²) in [4.78, 5) is 38.3. The second-order valence-corrected chi connectivity index (χ2v) is 8.65. The number of phenolic OH excluding ortho intramolecular Hbond substituents is 6. The lowest BCUT2D eigenvalue weighted by molar-refractivity contribution is -0.153. The molecule has 0 radical (unpaired) electrons. The highest BCUT2D eigenvalue weighted by molar-refractivity contribution is 5.92. The highest BCUT2D eigenvalue weighted by Gasteiger charge is 2.29. The molecule has 3 aromatic rings. The molecule has 7 N–H and O–H groups in total. The van der Waals surface area contributed by atoms with E-state index in [0.29, 0.717) is 16.7 Å². The number of ether oxygens (including phenoxy) is 2. The topological polar surface area (TPSA) is 203 Å². The van der Waals surface area contributed by atoms with Crippen LogP contribution in [0, 0.1) is 0 Å². The minimum Gasteiger partial charge on any atom is -0.504 e. The molecule has 0 saturated carbocycles. The van der Waals surface area contributed by atoms with E-state index in [4.69, 9.17) is 9.47 Å². The van der Waals surface area contributed by atoms with Crippen LogP contribution in [0.25, 0.3) is 6.08 Å². The third-order valence-corrected chi connectivity index (χ3v) is 5.70. The maximum absolute atomic E-state index is 13.3. The number of carbonyl (C=O) groups excluding carboxylic acids is 3. The first-order valence-electron chi connectivity index (χ1n) is 11.8. The summed E-state index contributed by atoms with van der Waals surface area (Å²) in [5.74, 6) is -5.11. The van der Waals surface area contributed by atoms with Gasteiger partial charge in [0.25, 0.3) is 5.91 Å². The molecule has 0 saturated heterocycles. The Bertz CT molecular complexity index is 1430. The van der Waals surface area contributed by atoms with Crippen LogP contribution in [0.4, 0.5) is 0 Å². The van der Waals surface area contributed by atoms with E-state index in [2.05, 4.69) is 5.32 Å². The number of carbonyl (C=O) groups is 3. The van der Waals surface area contributed by atoms with Crippen LogP contribution in [0.15, 0.2) is 60.7 Å². The van der Waals surface area contributed by atoms with Crippen molar-refractivity contribution >= 4 is 23.9 Å². The van der Waals surface area contributed by atoms with Crippen LogP contribution in [-0.2, 0) is 36.7 Å². The van der Waals surface area contributed by atoms with Gasteiger partial charge < -0.3 is 45.4 Å². The molecule has 0 heterocycles. The van der Waals surface area contributed by atoms with E-state index in [1.807, 2.05) is 0 Å². The number of hydrogen-bond donors (Lipinski definition) is 7. The summed E-state index contributed by atoms with van der Waals surface area (Å²) in [6.45, 7) is 0. The Hall–Kier alpha value is -5.39. The lowest BCUT2D eigenvalue weighted by atomic mass is 10.0. The van der Waals surface area contributed by atoms with Crippen molar-refractivity contribution < 1.29 is 54.5 Å². The van der Waals surface area contributed by atoms with Crippen molar-refractivity contribution in [3.8, 4) is 34.5 Å². The summed E-state index contributed by atoms with van der Waals surface area (Å²) >= 11 is 0. The lowest BCUT2D eigenvalue weighted by Crippen LogP contribution is -2.48. The lowest BCUT2D eigenvalue weighted by Gasteiger charge is -2.22. The number of hydrogen-bond acceptors (Lipinski definition) is 11. The fraction of sp³-hybridized carbons (Fsp3) is 0.179. The SMILES string of the molecule is COC(=O)C(Cc1ccc(O)c(O)c1)NC(=O)[C@H](Cc1ccc(O)c(O)c1)OC(=O)/C=C/c1ccc(O)c(O)c1. The monoisotopic (exact) mass is 553 g/mol. The molecule has 0 spiro atoms. The van der Waals surface area contributed by atoms with Gasteiger partial charge in [0.2, 0.25) is 0 Å². The van der Waals surface area contributed by atoms with Gasteiger partial charge in [-0.25, -0.2) is 9.59 Å². The van der Waals surface area contributed by atoms with E-state index in [-0.39, 0.29) is 24.3 Å². The van der Waals surface area contributed by atoms with Gasteiger partial charge in [-0.1, -0.05) is 18.2 Å². The van der Waals surface area contributed by atoms with Gasteiger partial charge in [0, 0.05) is 18.9 Å². The summed E-state index contributed by atoms with van der Waals surface area (Å²) in [5, 5.41) is 60.2. The van der Waals surface area contributed by atoms with Crippen molar-refractivity contribution in [2.75, 3.05) is 7.11 Å². The predicted octanol–water partition coefficient (Wildman–Crippen LogP) is 1.99. The van der Waals surface area contributed by atoms with Gasteiger partial charge in [0.15, 0.2) is 40.6 Å². The molecule has 0 aliphatic heterocycles. The van der Waals surface area contributed by atoms with E-state index < -0.39 is 53.0 Å². The maximum atomic E-state index is 13.3. The highest BCUT2D eigenvalue weighted by atomic mass is 16.5. The summed E-state index contributed by atoms with van der Waals surface area (Å²) < 4.78 is 10.1. The maximum Gasteiger partial charge on any atom is 0.331 e. The minimum atomic E-state index is -1.52. The molecular weight excluding hydrogens is 526 g/mol. The number of phenols is 6. The van der Waals surface area contributed by atoms with Crippen molar-refractivity contribution in [3.63, 3.8) is 0 Å². The molecule has 1 unspecified atom stereocenters. The Labute approximate surface area is 228 Å². The van der Waals surface area contributed by atoms with E-state index in [1.54, 1.807) is 0 Å². The molecular formula is C28H27NO11. The van der Waals surface area contributed by atoms with Crippen LogP contribution in [-0.4, -0.2) is 67.7 Å². The van der Waals surface area contributed by atoms with Crippen LogP contribution in [0.3, 0.4) is 0 Å². The zero-order chi connectivity index (χ0) is 29.4. The van der Waals surface area contributed by atoms with Crippen LogP contribution >= 0.6 is 0 Å². The van der Waals surface area contributed by atoms with Gasteiger partial charge >= 0.3 is 11.9 Å². The predicted molar refractivity (Wildman–Crippen MR) is 140 cm³/mol. The van der Waals surface area contributed by atoms with Gasteiger partial charge in [-0.3, -0.25) is 4.79 Å². The average molecular weight is 554 g/mol. The van der Waals surface area contributed by atoms with Gasteiger partial charge in [-0.2, -0.15) is 0 Å². The Morgan fingerprint density at radius 3 is 1.80 bits per heavy atom. The molecule has 3 rings (SSSR count). The Morgan fingerprint density at radius 2 is 1.27 bits per heavy atom. The molecule has 0 aliphatic carbocycles. The number of nitrogens with one attached hydrogen (secondary N) is 1. The molecule has 0 aliphatic rings. The van der Waals surface area contributed by atoms with Crippen molar-refractivity contribution in [3.05, 3.63) is 77.4 Å². The third-order valence-electron chi connectivity index (χ3n) is 5.70. The van der Waals surface area contributed by atoms with Crippen molar-refractivity contribution in [1.82, 2.24) is 5.32 Å². The summed E-state index contributed by atoms with van der Waals surface area (Å²) in [7, 11) is 1.11. The largest absolute Gasteiger partial charge is 0.504 e. The van der Waals surface area contributed by atoms with Gasteiger partial charge in [0.1, 0.15) is 6.04 Å². The molecule has 0 bridgehead atoms. The molecule has 3 aromatic carbocycles. The molecule has 1 amide bonds. The summed E-state index contributed by atoms with van der Waals surface area (Å²) in [5.41, 5.74) is 1.04. The van der Waals surface area contributed by atoms with E-state index in [9.17, 15) is 45.0 Å². The second kappa shape index (κ2) is 12.9. The molecule has 12 nitrogen and oxygen atoms in total. The fourth-order valence-corrected chi connectivity index (χ4v) is 3.62. The number of benzene rings is 3. The zero-order valence-electron chi connectivity index (χ0n) is 21.1. The zero-order valence-corrected chi connectivity index (χ0v) is 21.1. The van der Waals surface area contributed by atoms with Gasteiger partial charge in [0.05, 0.1) is 7.11 Å². The molecule has 12 heteroatoms. The first-order chi connectivity index (χ1) is 19.0. The number of rotatable bonds is 10. The van der Waals surface area contributed by atoms with Crippen LogP contribution in [0.2, 0.25) is 0 Å². The van der Waals surface area contributed by atoms with Crippen LogP contribution < -0.4 is 5.32 Å². The normalized spacial score (nSPS) is 12.4.